The summed E-state index contributed by atoms with van der Waals surface area (Å²) in [5.74, 6) is -0.296. The number of halogens is 2. The van der Waals surface area contributed by atoms with Gasteiger partial charge in [0.25, 0.3) is 5.91 Å². The summed E-state index contributed by atoms with van der Waals surface area (Å²) in [5, 5.41) is 10.1. The van der Waals surface area contributed by atoms with Crippen LogP contribution < -0.4 is 5.32 Å². The largest absolute Gasteiger partial charge is 0.296 e. The van der Waals surface area contributed by atoms with Crippen molar-refractivity contribution >= 4 is 45.6 Å². The van der Waals surface area contributed by atoms with Gasteiger partial charge in [0.1, 0.15) is 0 Å². The van der Waals surface area contributed by atoms with E-state index in [2.05, 4.69) is 15.4 Å². The minimum Gasteiger partial charge on any atom is -0.296 e. The van der Waals surface area contributed by atoms with E-state index >= 15 is 0 Å². The van der Waals surface area contributed by atoms with E-state index in [1.807, 2.05) is 11.4 Å². The second-order valence-electron chi connectivity index (χ2n) is 4.50. The smallest absolute Gasteiger partial charge is 0.277 e. The van der Waals surface area contributed by atoms with Crippen LogP contribution in [0, 0.1) is 0 Å². The van der Waals surface area contributed by atoms with Gasteiger partial charge in [0, 0.05) is 24.2 Å². The van der Waals surface area contributed by atoms with Crippen LogP contribution in [0.15, 0.2) is 35.8 Å². The average Bonchev–Trinajstić information content (AvgIpc) is 3.11. The third kappa shape index (κ3) is 3.14. The maximum Gasteiger partial charge on any atom is 0.277 e. The Bertz CT molecular complexity index is 843. The molecule has 1 amide bonds. The summed E-state index contributed by atoms with van der Waals surface area (Å²) in [6, 6.07) is 6.92. The van der Waals surface area contributed by atoms with E-state index < -0.39 is 0 Å². The number of rotatable bonds is 3. The van der Waals surface area contributed by atoms with Gasteiger partial charge in [-0.2, -0.15) is 5.10 Å². The number of amides is 1. The maximum absolute atomic E-state index is 12.0. The molecule has 1 aromatic carbocycles. The van der Waals surface area contributed by atoms with Gasteiger partial charge in [-0.25, -0.2) is 4.98 Å². The highest BCUT2D eigenvalue weighted by atomic mass is 35.5. The first-order valence-electron chi connectivity index (χ1n) is 6.25. The lowest BCUT2D eigenvalue weighted by Crippen LogP contribution is -2.12. The second-order valence-corrected chi connectivity index (χ2v) is 6.17. The Labute approximate surface area is 140 Å². The number of hydrogen-bond acceptors (Lipinski definition) is 4. The summed E-state index contributed by atoms with van der Waals surface area (Å²) in [4.78, 5) is 16.4. The maximum atomic E-state index is 12.0. The fourth-order valence-electron chi connectivity index (χ4n) is 1.82. The second kappa shape index (κ2) is 6.08. The van der Waals surface area contributed by atoms with Crippen LogP contribution in [0.2, 0.25) is 10.0 Å². The van der Waals surface area contributed by atoms with Crippen LogP contribution in [-0.2, 0) is 7.05 Å². The third-order valence-electron chi connectivity index (χ3n) is 2.89. The summed E-state index contributed by atoms with van der Waals surface area (Å²) >= 11 is 13.2. The Morgan fingerprint density at radius 1 is 1.27 bits per heavy atom. The molecular formula is C14H10Cl2N4OS. The van der Waals surface area contributed by atoms with Crippen LogP contribution in [0.4, 0.5) is 5.13 Å². The predicted octanol–water partition coefficient (Wildman–Crippen LogP) is 4.10. The number of aryl methyl sites for hydroxylation is 1. The fraction of sp³-hybridized carbons (Fsp3) is 0.0714. The van der Waals surface area contributed by atoms with Crippen LogP contribution in [0.5, 0.6) is 0 Å². The van der Waals surface area contributed by atoms with Crippen molar-refractivity contribution < 1.29 is 4.79 Å². The molecule has 8 heteroatoms. The molecule has 3 aromatic rings. The number of aromatic nitrogens is 3. The highest BCUT2D eigenvalue weighted by Crippen LogP contribution is 2.30. The van der Waals surface area contributed by atoms with E-state index in [0.717, 1.165) is 11.3 Å². The van der Waals surface area contributed by atoms with Crippen molar-refractivity contribution in [2.24, 2.45) is 7.05 Å². The molecule has 2 heterocycles. The van der Waals surface area contributed by atoms with Crippen molar-refractivity contribution in [2.75, 3.05) is 5.32 Å². The first-order chi connectivity index (χ1) is 10.5. The molecule has 3 rings (SSSR count). The number of thiazole rings is 1. The zero-order valence-corrected chi connectivity index (χ0v) is 13.7. The van der Waals surface area contributed by atoms with Crippen molar-refractivity contribution in [3.05, 3.63) is 51.6 Å². The molecule has 5 nitrogen and oxygen atoms in total. The Morgan fingerprint density at radius 2 is 2.09 bits per heavy atom. The summed E-state index contributed by atoms with van der Waals surface area (Å²) in [5.41, 5.74) is 1.90. The number of hydrogen-bond donors (Lipinski definition) is 1. The Balaban J connectivity index is 1.78. The first kappa shape index (κ1) is 15.0. The summed E-state index contributed by atoms with van der Waals surface area (Å²) in [6.07, 6.45) is 1.71. The number of anilines is 1. The summed E-state index contributed by atoms with van der Waals surface area (Å²) < 4.78 is 1.57. The number of carbonyl (C=O) groups is 1. The van der Waals surface area contributed by atoms with E-state index in [9.17, 15) is 4.79 Å². The van der Waals surface area contributed by atoms with Gasteiger partial charge in [0.05, 0.1) is 15.7 Å². The highest BCUT2D eigenvalue weighted by Gasteiger charge is 2.12. The number of nitrogens with zero attached hydrogens (tertiary/aromatic N) is 3. The fourth-order valence-corrected chi connectivity index (χ4v) is 2.83. The molecule has 0 aliphatic heterocycles. The molecule has 0 unspecified atom stereocenters. The lowest BCUT2D eigenvalue weighted by molar-refractivity contribution is 0.102. The van der Waals surface area contributed by atoms with Crippen molar-refractivity contribution in [3.63, 3.8) is 0 Å². The zero-order valence-electron chi connectivity index (χ0n) is 11.4. The Kier molecular flexibility index (Phi) is 4.15. The van der Waals surface area contributed by atoms with E-state index in [1.165, 1.54) is 11.3 Å². The quantitative estimate of drug-likeness (QED) is 0.771. The van der Waals surface area contributed by atoms with Crippen molar-refractivity contribution in [3.8, 4) is 11.3 Å². The molecule has 112 valence electrons. The lowest BCUT2D eigenvalue weighted by atomic mass is 10.2. The van der Waals surface area contributed by atoms with E-state index in [1.54, 1.807) is 36.1 Å². The molecular weight excluding hydrogens is 343 g/mol. The minimum absolute atomic E-state index is 0.296. The molecule has 0 radical (unpaired) electrons. The molecule has 0 aliphatic rings. The van der Waals surface area contributed by atoms with E-state index in [4.69, 9.17) is 23.2 Å². The van der Waals surface area contributed by atoms with Gasteiger partial charge in [-0.1, -0.05) is 29.3 Å². The molecule has 22 heavy (non-hydrogen) atoms. The predicted molar refractivity (Wildman–Crippen MR) is 88.7 cm³/mol. The Morgan fingerprint density at radius 3 is 2.77 bits per heavy atom. The van der Waals surface area contributed by atoms with Crippen molar-refractivity contribution in [2.45, 2.75) is 0 Å². The highest BCUT2D eigenvalue weighted by molar-refractivity contribution is 7.14. The summed E-state index contributed by atoms with van der Waals surface area (Å²) in [6.45, 7) is 0. The van der Waals surface area contributed by atoms with Gasteiger partial charge in [0.2, 0.25) is 0 Å². The molecule has 1 N–H and O–H groups in total. The van der Waals surface area contributed by atoms with Crippen molar-refractivity contribution in [1.82, 2.24) is 14.8 Å². The number of carbonyl (C=O) groups excluding carboxylic acids is 1. The number of nitrogens with one attached hydrogen (secondary N) is 1. The molecule has 0 atom stereocenters. The third-order valence-corrected chi connectivity index (χ3v) is 4.38. The lowest BCUT2D eigenvalue weighted by Gasteiger charge is -2.00. The van der Waals surface area contributed by atoms with Gasteiger partial charge in [0.15, 0.2) is 10.8 Å². The van der Waals surface area contributed by atoms with E-state index in [-0.39, 0.29) is 5.91 Å². The van der Waals surface area contributed by atoms with Crippen LogP contribution >= 0.6 is 34.5 Å². The van der Waals surface area contributed by atoms with Gasteiger partial charge < -0.3 is 0 Å². The normalized spacial score (nSPS) is 10.7. The standard InChI is InChI=1S/C14H10Cl2N4OS/c1-20-5-4-11(19-20)13(21)18-14-17-12(7-22-14)8-2-3-9(15)10(16)6-8/h2-7H,1H3,(H,17,18,21). The molecule has 0 saturated heterocycles. The molecule has 2 aromatic heterocycles. The minimum atomic E-state index is -0.296. The molecule has 0 aliphatic carbocycles. The van der Waals surface area contributed by atoms with Gasteiger partial charge in [-0.05, 0) is 18.2 Å². The zero-order chi connectivity index (χ0) is 15.7. The average molecular weight is 353 g/mol. The van der Waals surface area contributed by atoms with Gasteiger partial charge in [-0.15, -0.1) is 11.3 Å². The number of benzene rings is 1. The monoisotopic (exact) mass is 352 g/mol. The van der Waals surface area contributed by atoms with Gasteiger partial charge >= 0.3 is 0 Å². The molecule has 0 bridgehead atoms. The van der Waals surface area contributed by atoms with Crippen LogP contribution in [-0.4, -0.2) is 20.7 Å². The molecule has 0 spiro atoms. The van der Waals surface area contributed by atoms with Crippen LogP contribution in [0.1, 0.15) is 10.5 Å². The van der Waals surface area contributed by atoms with Crippen LogP contribution in [0.25, 0.3) is 11.3 Å². The first-order valence-corrected chi connectivity index (χ1v) is 7.88. The van der Waals surface area contributed by atoms with E-state index in [0.29, 0.717) is 20.9 Å². The van der Waals surface area contributed by atoms with Crippen molar-refractivity contribution in [1.29, 1.82) is 0 Å². The van der Waals surface area contributed by atoms with Gasteiger partial charge in [-0.3, -0.25) is 14.8 Å². The summed E-state index contributed by atoms with van der Waals surface area (Å²) in [7, 11) is 1.75. The Hall–Kier alpha value is -1.89. The topological polar surface area (TPSA) is 59.8 Å². The molecule has 0 fully saturated rings. The molecule has 0 saturated carbocycles. The van der Waals surface area contributed by atoms with Crippen LogP contribution in [0.3, 0.4) is 0 Å². The SMILES string of the molecule is Cn1ccc(C(=O)Nc2nc(-c3ccc(Cl)c(Cl)c3)cs2)n1.